The van der Waals surface area contributed by atoms with Crippen LogP contribution < -0.4 is 25.4 Å². The van der Waals surface area contributed by atoms with Crippen LogP contribution in [0.2, 0.25) is 5.02 Å². The average Bonchev–Trinajstić information content (AvgIpc) is 3.02. The van der Waals surface area contributed by atoms with E-state index in [4.69, 9.17) is 21.1 Å². The highest BCUT2D eigenvalue weighted by molar-refractivity contribution is 8.00. The molecule has 11 heteroatoms. The van der Waals surface area contributed by atoms with Crippen LogP contribution >= 0.6 is 23.4 Å². The molecule has 0 saturated carbocycles. The van der Waals surface area contributed by atoms with Crippen LogP contribution in [0.15, 0.2) is 102 Å². The molecule has 0 unspecified atom stereocenters. The molecule has 8 nitrogen and oxygen atoms in total. The first-order valence-electron chi connectivity index (χ1n) is 13.1. The minimum absolute atomic E-state index is 0.0380. The fourth-order valence-electron chi connectivity index (χ4n) is 4.04. The summed E-state index contributed by atoms with van der Waals surface area (Å²) in [5, 5.41) is 8.19. The Labute approximate surface area is 256 Å². The van der Waals surface area contributed by atoms with Crippen molar-refractivity contribution in [3.8, 4) is 11.5 Å². The number of rotatable bonds is 9. The Hall–Kier alpha value is -4.80. The lowest BCUT2D eigenvalue weighted by molar-refractivity contribution is -0.114. The van der Waals surface area contributed by atoms with Crippen molar-refractivity contribution in [2.45, 2.75) is 4.90 Å². The first-order valence-corrected chi connectivity index (χ1v) is 14.5. The van der Waals surface area contributed by atoms with E-state index in [2.05, 4.69) is 16.0 Å². The van der Waals surface area contributed by atoms with E-state index in [-0.39, 0.29) is 27.9 Å². The lowest BCUT2D eigenvalue weighted by atomic mass is 10.1. The fraction of sp³-hybridized carbons (Fsp3) is 0.0938. The molecule has 1 aliphatic rings. The van der Waals surface area contributed by atoms with E-state index in [0.29, 0.717) is 41.7 Å². The number of carbonyl (C=O) groups excluding carboxylic acids is 3. The zero-order chi connectivity index (χ0) is 30.2. The molecule has 0 aliphatic carbocycles. The summed E-state index contributed by atoms with van der Waals surface area (Å²) in [7, 11) is 0. The van der Waals surface area contributed by atoms with E-state index in [1.165, 1.54) is 36.0 Å². The monoisotopic (exact) mass is 617 g/mol. The smallest absolute Gasteiger partial charge is 0.272 e. The molecule has 0 atom stereocenters. The number of hydrogen-bond donors (Lipinski definition) is 3. The normalized spacial score (nSPS) is 12.3. The molecule has 0 aromatic heterocycles. The minimum Gasteiger partial charge on any atom is -0.486 e. The molecular weight excluding hydrogens is 593 g/mol. The molecule has 0 fully saturated rings. The molecule has 0 radical (unpaired) electrons. The van der Waals surface area contributed by atoms with Crippen LogP contribution in [0, 0.1) is 5.82 Å². The van der Waals surface area contributed by atoms with Gasteiger partial charge in [-0.15, -0.1) is 11.8 Å². The lowest BCUT2D eigenvalue weighted by Gasteiger charge is -2.19. The summed E-state index contributed by atoms with van der Waals surface area (Å²) in [4.78, 5) is 39.3. The molecule has 43 heavy (non-hydrogen) atoms. The molecule has 218 valence electrons. The molecule has 3 N–H and O–H groups in total. The highest BCUT2D eigenvalue weighted by Crippen LogP contribution is 2.32. The predicted molar refractivity (Wildman–Crippen MR) is 165 cm³/mol. The maximum absolute atomic E-state index is 14.5. The molecule has 3 amide bonds. The number of halogens is 2. The zero-order valence-electron chi connectivity index (χ0n) is 22.6. The Morgan fingerprint density at radius 3 is 2.30 bits per heavy atom. The van der Waals surface area contributed by atoms with Gasteiger partial charge in [0.2, 0.25) is 5.91 Å². The lowest BCUT2D eigenvalue weighted by Crippen LogP contribution is -2.30. The van der Waals surface area contributed by atoms with Gasteiger partial charge in [0.05, 0.1) is 10.8 Å². The van der Waals surface area contributed by atoms with E-state index in [9.17, 15) is 18.8 Å². The maximum Gasteiger partial charge on any atom is 0.272 e. The van der Waals surface area contributed by atoms with Crippen LogP contribution in [0.3, 0.4) is 0 Å². The van der Waals surface area contributed by atoms with E-state index in [1.54, 1.807) is 72.8 Å². The molecule has 4 aromatic carbocycles. The van der Waals surface area contributed by atoms with E-state index in [0.717, 1.165) is 4.90 Å². The van der Waals surface area contributed by atoms with Crippen LogP contribution in [0.1, 0.15) is 15.9 Å². The maximum atomic E-state index is 14.5. The van der Waals surface area contributed by atoms with Gasteiger partial charge < -0.3 is 25.4 Å². The van der Waals surface area contributed by atoms with Crippen molar-refractivity contribution in [2.24, 2.45) is 0 Å². The molecule has 5 rings (SSSR count). The Bertz CT molecular complexity index is 1660. The van der Waals surface area contributed by atoms with Crippen molar-refractivity contribution in [2.75, 3.05) is 29.6 Å². The first-order chi connectivity index (χ1) is 20.9. The summed E-state index contributed by atoms with van der Waals surface area (Å²) in [5.41, 5.74) is 1.11. The van der Waals surface area contributed by atoms with Crippen molar-refractivity contribution in [1.29, 1.82) is 0 Å². The van der Waals surface area contributed by atoms with Gasteiger partial charge in [-0.25, -0.2) is 4.39 Å². The van der Waals surface area contributed by atoms with Crippen LogP contribution in [0.25, 0.3) is 6.08 Å². The highest BCUT2D eigenvalue weighted by Gasteiger charge is 2.17. The van der Waals surface area contributed by atoms with Gasteiger partial charge in [-0.3, -0.25) is 14.4 Å². The third-order valence-electron chi connectivity index (χ3n) is 6.13. The summed E-state index contributed by atoms with van der Waals surface area (Å²) in [6, 6.07) is 24.5. The standard InChI is InChI=1S/C32H25ClFN3O5S/c33-25-7-4-8-26(34)24(25)18-27(37-31(39)20-5-2-1-3-6-20)32(40)36-21-9-12-23(13-10-21)43-19-30(38)35-22-11-14-28-29(17-22)42-16-15-41-28/h1-14,17-18H,15-16,19H2,(H,35,38)(H,36,40)(H,37,39)/b27-18-. The quantitative estimate of drug-likeness (QED) is 0.148. The fourth-order valence-corrected chi connectivity index (χ4v) is 4.95. The summed E-state index contributed by atoms with van der Waals surface area (Å²) in [5.74, 6) is -0.687. The highest BCUT2D eigenvalue weighted by atomic mass is 35.5. The Morgan fingerprint density at radius 2 is 1.56 bits per heavy atom. The number of amides is 3. The van der Waals surface area contributed by atoms with Gasteiger partial charge in [0.1, 0.15) is 24.7 Å². The minimum atomic E-state index is -0.678. The van der Waals surface area contributed by atoms with Crippen molar-refractivity contribution < 1.29 is 28.2 Å². The van der Waals surface area contributed by atoms with Gasteiger partial charge in [-0.05, 0) is 66.7 Å². The van der Waals surface area contributed by atoms with Crippen LogP contribution in [0.5, 0.6) is 11.5 Å². The Balaban J connectivity index is 1.22. The SMILES string of the molecule is O=C(CSc1ccc(NC(=O)/C(=C/c2c(F)cccc2Cl)NC(=O)c2ccccc2)cc1)Nc1ccc2c(c1)OCCO2. The third kappa shape index (κ3) is 7.94. The number of thioether (sulfide) groups is 1. The molecule has 0 bridgehead atoms. The zero-order valence-corrected chi connectivity index (χ0v) is 24.1. The number of nitrogens with one attached hydrogen (secondary N) is 3. The van der Waals surface area contributed by atoms with Gasteiger partial charge in [0.25, 0.3) is 11.8 Å². The van der Waals surface area contributed by atoms with E-state index < -0.39 is 17.6 Å². The first kappa shape index (κ1) is 29.7. The van der Waals surface area contributed by atoms with Crippen molar-refractivity contribution in [1.82, 2.24) is 5.32 Å². The van der Waals surface area contributed by atoms with Crippen molar-refractivity contribution in [3.63, 3.8) is 0 Å². The third-order valence-corrected chi connectivity index (χ3v) is 7.47. The van der Waals surface area contributed by atoms with Crippen molar-refractivity contribution >= 4 is 58.5 Å². The second-order valence-corrected chi connectivity index (χ2v) is 10.6. The summed E-state index contributed by atoms with van der Waals surface area (Å²) >= 11 is 7.48. The van der Waals surface area contributed by atoms with Crippen LogP contribution in [0.4, 0.5) is 15.8 Å². The molecule has 0 saturated heterocycles. The Kier molecular flexibility index (Phi) is 9.60. The van der Waals surface area contributed by atoms with Crippen molar-refractivity contribution in [3.05, 3.63) is 119 Å². The van der Waals surface area contributed by atoms with Gasteiger partial charge in [0, 0.05) is 33.5 Å². The van der Waals surface area contributed by atoms with E-state index >= 15 is 0 Å². The molecule has 0 spiro atoms. The predicted octanol–water partition coefficient (Wildman–Crippen LogP) is 6.39. The van der Waals surface area contributed by atoms with Crippen LogP contribution in [-0.4, -0.2) is 36.7 Å². The van der Waals surface area contributed by atoms with Gasteiger partial charge in [0.15, 0.2) is 11.5 Å². The largest absolute Gasteiger partial charge is 0.486 e. The number of benzene rings is 4. The molecular formula is C32H25ClFN3O5S. The van der Waals surface area contributed by atoms with Crippen LogP contribution in [-0.2, 0) is 9.59 Å². The average molecular weight is 618 g/mol. The second kappa shape index (κ2) is 13.9. The van der Waals surface area contributed by atoms with E-state index in [1.807, 2.05) is 0 Å². The summed E-state index contributed by atoms with van der Waals surface area (Å²) in [6.07, 6.45) is 1.19. The molecule has 1 heterocycles. The number of ether oxygens (including phenoxy) is 2. The number of fused-ring (bicyclic) bond motifs is 1. The Morgan fingerprint density at radius 1 is 0.837 bits per heavy atom. The summed E-state index contributed by atoms with van der Waals surface area (Å²) < 4.78 is 25.6. The van der Waals surface area contributed by atoms with Gasteiger partial charge in [-0.1, -0.05) is 35.9 Å². The number of anilines is 2. The summed E-state index contributed by atoms with van der Waals surface area (Å²) in [6.45, 7) is 0.944. The number of carbonyl (C=O) groups is 3. The molecule has 4 aromatic rings. The van der Waals surface area contributed by atoms with Gasteiger partial charge >= 0.3 is 0 Å². The molecule has 1 aliphatic heterocycles. The number of hydrogen-bond acceptors (Lipinski definition) is 6. The second-order valence-electron chi connectivity index (χ2n) is 9.19. The topological polar surface area (TPSA) is 106 Å². The van der Waals surface area contributed by atoms with Gasteiger partial charge in [-0.2, -0.15) is 0 Å².